The third-order valence-electron chi connectivity index (χ3n) is 3.40. The first-order chi connectivity index (χ1) is 9.29. The zero-order valence-electron chi connectivity index (χ0n) is 11.5. The Morgan fingerprint density at radius 1 is 1.32 bits per heavy atom. The van der Waals surface area contributed by atoms with Gasteiger partial charge < -0.3 is 20.5 Å². The van der Waals surface area contributed by atoms with E-state index >= 15 is 0 Å². The third-order valence-corrected chi connectivity index (χ3v) is 3.40. The fourth-order valence-electron chi connectivity index (χ4n) is 2.35. The molecule has 0 aromatic carbocycles. The molecule has 5 nitrogen and oxygen atoms in total. The standard InChI is InChI=1S/C14H23N3O2/c1-18-14-12(15)7-8-13(17-14)16-9-10-19-11-5-3-2-4-6-11/h7-8,11H,2-6,9-10,15H2,1H3,(H,16,17). The predicted molar refractivity (Wildman–Crippen MR) is 76.5 cm³/mol. The van der Waals surface area contributed by atoms with Crippen molar-refractivity contribution in [2.75, 3.05) is 31.3 Å². The molecule has 1 aliphatic carbocycles. The second-order valence-corrected chi connectivity index (χ2v) is 4.85. The van der Waals surface area contributed by atoms with Crippen LogP contribution in [0.3, 0.4) is 0 Å². The Morgan fingerprint density at radius 3 is 2.84 bits per heavy atom. The van der Waals surface area contributed by atoms with Gasteiger partial charge in [0, 0.05) is 6.54 Å². The first kappa shape index (κ1) is 13.9. The quantitative estimate of drug-likeness (QED) is 0.773. The van der Waals surface area contributed by atoms with E-state index in [9.17, 15) is 0 Å². The number of nitrogens with two attached hydrogens (primary N) is 1. The fourth-order valence-corrected chi connectivity index (χ4v) is 2.35. The van der Waals surface area contributed by atoms with Crippen LogP contribution in [0.25, 0.3) is 0 Å². The van der Waals surface area contributed by atoms with Crippen molar-refractivity contribution in [3.63, 3.8) is 0 Å². The highest BCUT2D eigenvalue weighted by Gasteiger charge is 2.13. The molecule has 3 N–H and O–H groups in total. The Hall–Kier alpha value is -1.49. The first-order valence-corrected chi connectivity index (χ1v) is 6.95. The summed E-state index contributed by atoms with van der Waals surface area (Å²) >= 11 is 0. The molecule has 0 atom stereocenters. The molecule has 1 aromatic heterocycles. The highest BCUT2D eigenvalue weighted by atomic mass is 16.5. The van der Waals surface area contributed by atoms with Crippen LogP contribution in [-0.4, -0.2) is 31.3 Å². The molecule has 1 fully saturated rings. The number of hydrogen-bond donors (Lipinski definition) is 2. The van der Waals surface area contributed by atoms with E-state index in [1.807, 2.05) is 6.07 Å². The van der Waals surface area contributed by atoms with Gasteiger partial charge in [0.15, 0.2) is 0 Å². The normalized spacial score (nSPS) is 16.3. The average molecular weight is 265 g/mol. The minimum Gasteiger partial charge on any atom is -0.479 e. The largest absolute Gasteiger partial charge is 0.479 e. The summed E-state index contributed by atoms with van der Waals surface area (Å²) in [6, 6.07) is 3.63. The molecule has 2 rings (SSSR count). The number of nitrogens with one attached hydrogen (secondary N) is 1. The van der Waals surface area contributed by atoms with Crippen molar-refractivity contribution in [3.8, 4) is 5.88 Å². The number of nitrogens with zero attached hydrogens (tertiary/aromatic N) is 1. The van der Waals surface area contributed by atoms with Crippen LogP contribution in [-0.2, 0) is 4.74 Å². The van der Waals surface area contributed by atoms with Gasteiger partial charge in [0.05, 0.1) is 25.5 Å². The highest BCUT2D eigenvalue weighted by Crippen LogP contribution is 2.21. The van der Waals surface area contributed by atoms with Crippen LogP contribution in [0.1, 0.15) is 32.1 Å². The molecule has 0 aliphatic heterocycles. The summed E-state index contributed by atoms with van der Waals surface area (Å²) in [5, 5.41) is 3.21. The molecule has 0 saturated heterocycles. The van der Waals surface area contributed by atoms with Crippen LogP contribution < -0.4 is 15.8 Å². The molecular weight excluding hydrogens is 242 g/mol. The van der Waals surface area contributed by atoms with Crippen molar-refractivity contribution in [2.45, 2.75) is 38.2 Å². The van der Waals surface area contributed by atoms with Gasteiger partial charge in [0.1, 0.15) is 5.82 Å². The molecule has 1 aromatic rings. The molecule has 1 heterocycles. The lowest BCUT2D eigenvalue weighted by Crippen LogP contribution is -2.20. The van der Waals surface area contributed by atoms with E-state index in [-0.39, 0.29) is 0 Å². The van der Waals surface area contributed by atoms with Crippen molar-refractivity contribution in [2.24, 2.45) is 0 Å². The molecule has 1 saturated carbocycles. The minimum atomic E-state index is 0.449. The topological polar surface area (TPSA) is 69.4 Å². The molecule has 0 amide bonds. The van der Waals surface area contributed by atoms with E-state index in [1.165, 1.54) is 32.1 Å². The lowest BCUT2D eigenvalue weighted by molar-refractivity contribution is 0.0347. The second kappa shape index (κ2) is 7.19. The Morgan fingerprint density at radius 2 is 2.11 bits per heavy atom. The molecular formula is C14H23N3O2. The molecule has 0 bridgehead atoms. The molecule has 0 spiro atoms. The van der Waals surface area contributed by atoms with Gasteiger partial charge in [0.2, 0.25) is 5.88 Å². The molecule has 106 valence electrons. The van der Waals surface area contributed by atoms with E-state index in [2.05, 4.69) is 10.3 Å². The van der Waals surface area contributed by atoms with Crippen molar-refractivity contribution in [1.82, 2.24) is 4.98 Å². The van der Waals surface area contributed by atoms with E-state index in [1.54, 1.807) is 13.2 Å². The number of rotatable bonds is 6. The summed E-state index contributed by atoms with van der Waals surface area (Å²) < 4.78 is 10.9. The van der Waals surface area contributed by atoms with Gasteiger partial charge in [-0.15, -0.1) is 0 Å². The maximum Gasteiger partial charge on any atom is 0.238 e. The predicted octanol–water partition coefficient (Wildman–Crippen LogP) is 2.43. The van der Waals surface area contributed by atoms with E-state index in [0.717, 1.165) is 12.4 Å². The van der Waals surface area contributed by atoms with Crippen LogP contribution >= 0.6 is 0 Å². The van der Waals surface area contributed by atoms with Crippen LogP contribution in [0.5, 0.6) is 5.88 Å². The minimum absolute atomic E-state index is 0.449. The zero-order chi connectivity index (χ0) is 13.5. The Bertz CT molecular complexity index is 392. The van der Waals surface area contributed by atoms with Crippen molar-refractivity contribution in [1.29, 1.82) is 0 Å². The summed E-state index contributed by atoms with van der Waals surface area (Å²) in [5.41, 5.74) is 6.26. The summed E-state index contributed by atoms with van der Waals surface area (Å²) in [6.07, 6.45) is 6.81. The zero-order valence-corrected chi connectivity index (χ0v) is 11.5. The SMILES string of the molecule is COc1nc(NCCOC2CCCCC2)ccc1N. The van der Waals surface area contributed by atoms with Gasteiger partial charge in [0.25, 0.3) is 0 Å². The maximum absolute atomic E-state index is 5.84. The van der Waals surface area contributed by atoms with E-state index in [0.29, 0.717) is 24.3 Å². The lowest BCUT2D eigenvalue weighted by Gasteiger charge is -2.22. The second-order valence-electron chi connectivity index (χ2n) is 4.85. The molecule has 5 heteroatoms. The molecule has 1 aliphatic rings. The van der Waals surface area contributed by atoms with Crippen LogP contribution in [0.15, 0.2) is 12.1 Å². The van der Waals surface area contributed by atoms with Gasteiger partial charge in [-0.25, -0.2) is 0 Å². The summed E-state index contributed by atoms with van der Waals surface area (Å²) in [5.74, 6) is 1.22. The average Bonchev–Trinajstić information content (AvgIpc) is 2.46. The van der Waals surface area contributed by atoms with Crippen LogP contribution in [0, 0.1) is 0 Å². The number of aromatic nitrogens is 1. The van der Waals surface area contributed by atoms with E-state index < -0.39 is 0 Å². The van der Waals surface area contributed by atoms with Crippen molar-refractivity contribution >= 4 is 11.5 Å². The lowest BCUT2D eigenvalue weighted by atomic mass is 9.98. The maximum atomic E-state index is 5.84. The number of hydrogen-bond acceptors (Lipinski definition) is 5. The Kier molecular flexibility index (Phi) is 5.27. The molecule has 19 heavy (non-hydrogen) atoms. The number of ether oxygens (including phenoxy) is 2. The third kappa shape index (κ3) is 4.28. The van der Waals surface area contributed by atoms with Gasteiger partial charge in [-0.05, 0) is 25.0 Å². The van der Waals surface area contributed by atoms with Crippen molar-refractivity contribution < 1.29 is 9.47 Å². The van der Waals surface area contributed by atoms with E-state index in [4.69, 9.17) is 15.2 Å². The van der Waals surface area contributed by atoms with Crippen LogP contribution in [0.4, 0.5) is 11.5 Å². The molecule has 0 radical (unpaired) electrons. The number of pyridine rings is 1. The fraction of sp³-hybridized carbons (Fsp3) is 0.643. The smallest absolute Gasteiger partial charge is 0.238 e. The summed E-state index contributed by atoms with van der Waals surface area (Å²) in [4.78, 5) is 4.26. The Labute approximate surface area is 114 Å². The highest BCUT2D eigenvalue weighted by molar-refractivity contribution is 5.53. The van der Waals surface area contributed by atoms with Gasteiger partial charge in [-0.3, -0.25) is 0 Å². The van der Waals surface area contributed by atoms with Crippen LogP contribution in [0.2, 0.25) is 0 Å². The Balaban J connectivity index is 1.70. The van der Waals surface area contributed by atoms with Crippen molar-refractivity contribution in [3.05, 3.63) is 12.1 Å². The summed E-state index contributed by atoms with van der Waals surface area (Å²) in [7, 11) is 1.56. The number of anilines is 2. The number of nitrogen functional groups attached to an aromatic ring is 1. The molecule has 0 unspecified atom stereocenters. The van der Waals surface area contributed by atoms with Gasteiger partial charge in [-0.1, -0.05) is 19.3 Å². The monoisotopic (exact) mass is 265 g/mol. The van der Waals surface area contributed by atoms with Gasteiger partial charge >= 0.3 is 0 Å². The summed E-state index contributed by atoms with van der Waals surface area (Å²) in [6.45, 7) is 1.45. The van der Waals surface area contributed by atoms with Gasteiger partial charge in [-0.2, -0.15) is 4.98 Å². The first-order valence-electron chi connectivity index (χ1n) is 6.95. The number of methoxy groups -OCH3 is 1.